The summed E-state index contributed by atoms with van der Waals surface area (Å²) >= 11 is 0. The number of H-pyrrole nitrogens is 1. The Morgan fingerprint density at radius 3 is 2.38 bits per heavy atom. The molecule has 0 radical (unpaired) electrons. The molecule has 0 aliphatic carbocycles. The summed E-state index contributed by atoms with van der Waals surface area (Å²) in [6.45, 7) is -1.02. The fourth-order valence-electron chi connectivity index (χ4n) is 2.32. The van der Waals surface area contributed by atoms with Gasteiger partial charge in [-0.2, -0.15) is 13.2 Å². The van der Waals surface area contributed by atoms with Crippen molar-refractivity contribution in [3.05, 3.63) is 34.2 Å². The van der Waals surface area contributed by atoms with E-state index in [0.717, 1.165) is 17.2 Å². The molecule has 2 atom stereocenters. The van der Waals surface area contributed by atoms with Gasteiger partial charge < -0.3 is 15.6 Å². The second-order valence-electron chi connectivity index (χ2n) is 4.81. The van der Waals surface area contributed by atoms with Crippen molar-refractivity contribution < 1.29 is 22.8 Å². The summed E-state index contributed by atoms with van der Waals surface area (Å²) in [5.41, 5.74) is 4.59. The number of nitrogens with two attached hydrogens (primary N) is 1. The Bertz CT molecular complexity index is 606. The van der Waals surface area contributed by atoms with Gasteiger partial charge in [-0.25, -0.2) is 0 Å². The van der Waals surface area contributed by atoms with Crippen LogP contribution in [0.5, 0.6) is 0 Å². The lowest BCUT2D eigenvalue weighted by atomic mass is 9.95. The highest BCUT2D eigenvalue weighted by Gasteiger charge is 2.52. The molecule has 2 amide bonds. The quantitative estimate of drug-likeness (QED) is 0.811. The first-order chi connectivity index (χ1) is 9.70. The van der Waals surface area contributed by atoms with Gasteiger partial charge in [0, 0.05) is 25.4 Å². The summed E-state index contributed by atoms with van der Waals surface area (Å²) in [4.78, 5) is 37.3. The highest BCUT2D eigenvalue weighted by molar-refractivity contribution is 5.94. The van der Waals surface area contributed by atoms with E-state index in [2.05, 4.69) is 4.98 Å². The number of aromatic nitrogens is 1. The molecule has 2 heterocycles. The van der Waals surface area contributed by atoms with Gasteiger partial charge in [0.15, 0.2) is 0 Å². The predicted molar refractivity (Wildman–Crippen MR) is 65.2 cm³/mol. The number of halogens is 3. The minimum absolute atomic E-state index is 0.0423. The van der Waals surface area contributed by atoms with Gasteiger partial charge >= 0.3 is 6.18 Å². The minimum atomic E-state index is -4.61. The molecule has 3 N–H and O–H groups in total. The minimum Gasteiger partial charge on any atom is -0.369 e. The van der Waals surface area contributed by atoms with E-state index in [9.17, 15) is 27.6 Å². The van der Waals surface area contributed by atoms with Crippen molar-refractivity contribution in [3.8, 4) is 0 Å². The highest BCUT2D eigenvalue weighted by Crippen LogP contribution is 2.37. The van der Waals surface area contributed by atoms with Crippen LogP contribution < -0.4 is 11.3 Å². The number of hydrogen-bond donors (Lipinski definition) is 2. The first-order valence-corrected chi connectivity index (χ1v) is 6.04. The summed E-state index contributed by atoms with van der Waals surface area (Å²) in [6.07, 6.45) is -3.50. The molecule has 2 rings (SSSR count). The van der Waals surface area contributed by atoms with E-state index in [1.807, 2.05) is 0 Å². The summed E-state index contributed by atoms with van der Waals surface area (Å²) in [5.74, 6) is -5.21. The first-order valence-electron chi connectivity index (χ1n) is 6.04. The molecule has 1 fully saturated rings. The van der Waals surface area contributed by atoms with Gasteiger partial charge in [0.2, 0.25) is 11.5 Å². The van der Waals surface area contributed by atoms with Crippen LogP contribution in [0.3, 0.4) is 0 Å². The van der Waals surface area contributed by atoms with Gasteiger partial charge in [0.25, 0.3) is 5.91 Å². The molecule has 1 aromatic heterocycles. The lowest BCUT2D eigenvalue weighted by Crippen LogP contribution is -2.37. The van der Waals surface area contributed by atoms with E-state index in [-0.39, 0.29) is 5.56 Å². The normalized spacial score (nSPS) is 22.3. The van der Waals surface area contributed by atoms with Crippen LogP contribution >= 0.6 is 0 Å². The standard InChI is InChI=1S/C12H12F3N3O3/c13-12(14,15)8-5-18(4-7(8)10(16)20)11(21)6-1-2-9(19)17-3-6/h1-3,7-8H,4-5H2,(H2,16,20)(H,17,19)/t7-,8-/m1/s1. The zero-order valence-corrected chi connectivity index (χ0v) is 10.7. The van der Waals surface area contributed by atoms with Gasteiger partial charge in [-0.3, -0.25) is 14.4 Å². The number of rotatable bonds is 2. The molecular weight excluding hydrogens is 291 g/mol. The van der Waals surface area contributed by atoms with Crippen molar-refractivity contribution in [1.29, 1.82) is 0 Å². The lowest BCUT2D eigenvalue weighted by molar-refractivity contribution is -0.182. The molecule has 0 saturated carbocycles. The zero-order valence-electron chi connectivity index (χ0n) is 10.7. The number of alkyl halides is 3. The molecule has 1 aromatic rings. The smallest absolute Gasteiger partial charge is 0.369 e. The molecule has 0 unspecified atom stereocenters. The Balaban J connectivity index is 2.22. The van der Waals surface area contributed by atoms with E-state index >= 15 is 0 Å². The van der Waals surface area contributed by atoms with Crippen molar-refractivity contribution in [3.63, 3.8) is 0 Å². The van der Waals surface area contributed by atoms with E-state index < -0.39 is 48.5 Å². The average Bonchev–Trinajstić information content (AvgIpc) is 2.84. The number of nitrogens with zero attached hydrogens (tertiary/aromatic N) is 1. The number of carbonyl (C=O) groups is 2. The first kappa shape index (κ1) is 15.1. The summed E-state index contributed by atoms with van der Waals surface area (Å²) in [6, 6.07) is 2.30. The van der Waals surface area contributed by atoms with Gasteiger partial charge in [-0.05, 0) is 6.07 Å². The molecule has 1 aliphatic heterocycles. The number of hydrogen-bond acceptors (Lipinski definition) is 3. The van der Waals surface area contributed by atoms with Crippen molar-refractivity contribution in [2.75, 3.05) is 13.1 Å². The van der Waals surface area contributed by atoms with Gasteiger partial charge in [-0.15, -0.1) is 0 Å². The molecule has 6 nitrogen and oxygen atoms in total. The Morgan fingerprint density at radius 1 is 1.29 bits per heavy atom. The molecular formula is C12H12F3N3O3. The maximum absolute atomic E-state index is 12.9. The van der Waals surface area contributed by atoms with Crippen molar-refractivity contribution in [2.45, 2.75) is 6.18 Å². The third kappa shape index (κ3) is 3.06. The van der Waals surface area contributed by atoms with Crippen LogP contribution in [-0.4, -0.2) is 41.0 Å². The number of primary amides is 1. The Labute approximate surface area is 116 Å². The monoisotopic (exact) mass is 303 g/mol. The molecule has 1 saturated heterocycles. The van der Waals surface area contributed by atoms with Crippen LogP contribution in [0, 0.1) is 11.8 Å². The SMILES string of the molecule is NC(=O)[C@@H]1CN(C(=O)c2ccc(=O)[nH]c2)C[C@H]1C(F)(F)F. The molecule has 9 heteroatoms. The number of amides is 2. The molecule has 1 aliphatic rings. The molecule has 0 bridgehead atoms. The number of carbonyl (C=O) groups excluding carboxylic acids is 2. The fraction of sp³-hybridized carbons (Fsp3) is 0.417. The molecule has 21 heavy (non-hydrogen) atoms. The van der Waals surface area contributed by atoms with E-state index in [0.29, 0.717) is 0 Å². The Morgan fingerprint density at radius 2 is 1.95 bits per heavy atom. The number of pyridine rings is 1. The van der Waals surface area contributed by atoms with Crippen LogP contribution in [0.1, 0.15) is 10.4 Å². The summed E-state index contributed by atoms with van der Waals surface area (Å²) < 4.78 is 38.6. The summed E-state index contributed by atoms with van der Waals surface area (Å²) in [5, 5.41) is 0. The van der Waals surface area contributed by atoms with E-state index in [4.69, 9.17) is 5.73 Å². The Kier molecular flexibility index (Phi) is 3.75. The zero-order chi connectivity index (χ0) is 15.8. The number of likely N-dealkylation sites (tertiary alicyclic amines) is 1. The maximum Gasteiger partial charge on any atom is 0.394 e. The van der Waals surface area contributed by atoms with E-state index in [1.54, 1.807) is 0 Å². The van der Waals surface area contributed by atoms with Crippen LogP contribution in [0.25, 0.3) is 0 Å². The molecule has 0 spiro atoms. The molecule has 0 aromatic carbocycles. The van der Waals surface area contributed by atoms with Gasteiger partial charge in [-0.1, -0.05) is 0 Å². The topological polar surface area (TPSA) is 96.3 Å². The van der Waals surface area contributed by atoms with Crippen molar-refractivity contribution in [2.24, 2.45) is 17.6 Å². The van der Waals surface area contributed by atoms with Crippen LogP contribution in [0.4, 0.5) is 13.2 Å². The highest BCUT2D eigenvalue weighted by atomic mass is 19.4. The van der Waals surface area contributed by atoms with Crippen LogP contribution in [0.2, 0.25) is 0 Å². The largest absolute Gasteiger partial charge is 0.394 e. The van der Waals surface area contributed by atoms with E-state index in [1.165, 1.54) is 6.07 Å². The van der Waals surface area contributed by atoms with Crippen molar-refractivity contribution in [1.82, 2.24) is 9.88 Å². The van der Waals surface area contributed by atoms with Gasteiger partial charge in [0.05, 0.1) is 17.4 Å². The second-order valence-corrected chi connectivity index (χ2v) is 4.81. The lowest BCUT2D eigenvalue weighted by Gasteiger charge is -2.18. The predicted octanol–water partition coefficient (Wildman–Crippen LogP) is 0.111. The average molecular weight is 303 g/mol. The van der Waals surface area contributed by atoms with Gasteiger partial charge in [0.1, 0.15) is 0 Å². The summed E-state index contributed by atoms with van der Waals surface area (Å²) in [7, 11) is 0. The maximum atomic E-state index is 12.9. The second kappa shape index (κ2) is 5.23. The Hall–Kier alpha value is -2.32. The number of nitrogens with one attached hydrogen (secondary N) is 1. The number of aromatic amines is 1. The fourth-order valence-corrected chi connectivity index (χ4v) is 2.32. The van der Waals surface area contributed by atoms with Crippen LogP contribution in [0.15, 0.2) is 23.1 Å². The van der Waals surface area contributed by atoms with Crippen LogP contribution in [-0.2, 0) is 4.79 Å². The van der Waals surface area contributed by atoms with Crippen molar-refractivity contribution >= 4 is 11.8 Å². The third-order valence-electron chi connectivity index (χ3n) is 3.42. The third-order valence-corrected chi connectivity index (χ3v) is 3.42. The molecule has 114 valence electrons.